The van der Waals surface area contributed by atoms with E-state index in [1.807, 2.05) is 29.8 Å². The van der Waals surface area contributed by atoms with Crippen LogP contribution in [0, 0.1) is 0 Å². The van der Waals surface area contributed by atoms with Gasteiger partial charge in [0.2, 0.25) is 0 Å². The molecule has 0 atom stereocenters. The van der Waals surface area contributed by atoms with Crippen molar-refractivity contribution in [3.8, 4) is 0 Å². The van der Waals surface area contributed by atoms with Crippen LogP contribution in [-0.4, -0.2) is 42.0 Å². The van der Waals surface area contributed by atoms with Gasteiger partial charge in [0.05, 0.1) is 12.2 Å². The van der Waals surface area contributed by atoms with Crippen molar-refractivity contribution in [3.63, 3.8) is 0 Å². The number of nitrogens with zero attached hydrogens (tertiary/aromatic N) is 5. The molecule has 0 unspecified atom stereocenters. The van der Waals surface area contributed by atoms with E-state index in [0.717, 1.165) is 23.6 Å². The van der Waals surface area contributed by atoms with Gasteiger partial charge in [-0.1, -0.05) is 18.2 Å². The number of carbonyl (C=O) groups excluding carboxylic acids is 1. The second-order valence-corrected chi connectivity index (χ2v) is 6.32. The number of benzene rings is 1. The number of nitrogens with one attached hydrogen (secondary N) is 2. The second-order valence-electron chi connectivity index (χ2n) is 6.32. The summed E-state index contributed by atoms with van der Waals surface area (Å²) < 4.78 is 4.09. The van der Waals surface area contributed by atoms with Crippen molar-refractivity contribution in [2.24, 2.45) is 0 Å². The molecule has 0 saturated carbocycles. The number of amides is 1. The van der Waals surface area contributed by atoms with Crippen molar-refractivity contribution in [2.75, 3.05) is 6.54 Å². The van der Waals surface area contributed by atoms with E-state index >= 15 is 0 Å². The maximum Gasteiger partial charge on any atom is 0.271 e. The van der Waals surface area contributed by atoms with Crippen molar-refractivity contribution < 1.29 is 4.79 Å². The highest BCUT2D eigenvalue weighted by Crippen LogP contribution is 2.16. The number of aryl methyl sites for hydroxylation is 1. The summed E-state index contributed by atoms with van der Waals surface area (Å²) in [6.45, 7) is 3.97. The van der Waals surface area contributed by atoms with Gasteiger partial charge in [-0.3, -0.25) is 9.89 Å². The minimum absolute atomic E-state index is 0.197. The van der Waals surface area contributed by atoms with Gasteiger partial charge in [-0.25, -0.2) is 0 Å². The SMILES string of the molecule is CCn1cnnc1CCNC(=O)c1cc(Cn2ccc3ccccc32)[nH]n1. The monoisotopic (exact) mass is 363 g/mol. The Kier molecular flexibility index (Phi) is 4.69. The fraction of sp³-hybridized carbons (Fsp3) is 0.263. The molecule has 0 saturated heterocycles. The smallest absolute Gasteiger partial charge is 0.271 e. The topological polar surface area (TPSA) is 93.4 Å². The summed E-state index contributed by atoms with van der Waals surface area (Å²) in [5, 5.41) is 19.1. The van der Waals surface area contributed by atoms with Crippen molar-refractivity contribution in [1.82, 2.24) is 34.8 Å². The Bertz CT molecular complexity index is 1060. The summed E-state index contributed by atoms with van der Waals surface area (Å²) in [5.74, 6) is 0.664. The quantitative estimate of drug-likeness (QED) is 0.525. The highest BCUT2D eigenvalue weighted by Gasteiger charge is 2.12. The van der Waals surface area contributed by atoms with Gasteiger partial charge in [0.15, 0.2) is 0 Å². The molecule has 27 heavy (non-hydrogen) atoms. The molecule has 138 valence electrons. The Hall–Kier alpha value is -3.42. The Labute approximate surface area is 156 Å². The van der Waals surface area contributed by atoms with E-state index in [-0.39, 0.29) is 5.91 Å². The predicted molar refractivity (Wildman–Crippen MR) is 101 cm³/mol. The number of aromatic nitrogens is 6. The Morgan fingerprint density at radius 2 is 2.11 bits per heavy atom. The molecular weight excluding hydrogens is 342 g/mol. The molecule has 0 aliphatic carbocycles. The lowest BCUT2D eigenvalue weighted by atomic mass is 10.2. The number of para-hydroxylation sites is 1. The number of H-pyrrole nitrogens is 1. The van der Waals surface area contributed by atoms with E-state index in [1.165, 1.54) is 5.39 Å². The van der Waals surface area contributed by atoms with E-state index < -0.39 is 0 Å². The zero-order chi connectivity index (χ0) is 18.6. The third-order valence-corrected chi connectivity index (χ3v) is 4.56. The Morgan fingerprint density at radius 1 is 1.22 bits per heavy atom. The van der Waals surface area contributed by atoms with Gasteiger partial charge in [-0.15, -0.1) is 10.2 Å². The van der Waals surface area contributed by atoms with Crippen LogP contribution in [0.5, 0.6) is 0 Å². The predicted octanol–water partition coefficient (Wildman–Crippen LogP) is 2.00. The first kappa shape index (κ1) is 17.0. The number of hydrogen-bond donors (Lipinski definition) is 2. The highest BCUT2D eigenvalue weighted by atomic mass is 16.1. The van der Waals surface area contributed by atoms with Crippen molar-refractivity contribution in [3.05, 3.63) is 66.1 Å². The maximum absolute atomic E-state index is 12.3. The van der Waals surface area contributed by atoms with Crippen LogP contribution in [0.2, 0.25) is 0 Å². The molecule has 3 heterocycles. The van der Waals surface area contributed by atoms with Gasteiger partial charge in [-0.2, -0.15) is 5.10 Å². The number of carbonyl (C=O) groups is 1. The molecule has 0 fully saturated rings. The van der Waals surface area contributed by atoms with E-state index in [2.05, 4.69) is 48.5 Å². The molecule has 1 amide bonds. The third kappa shape index (κ3) is 3.59. The van der Waals surface area contributed by atoms with E-state index in [1.54, 1.807) is 12.4 Å². The average Bonchev–Trinajstić information content (AvgIpc) is 3.42. The van der Waals surface area contributed by atoms with E-state index in [4.69, 9.17) is 0 Å². The van der Waals surface area contributed by atoms with Crippen molar-refractivity contribution in [1.29, 1.82) is 0 Å². The molecule has 1 aromatic carbocycles. The molecule has 2 N–H and O–H groups in total. The normalized spacial score (nSPS) is 11.1. The second kappa shape index (κ2) is 7.45. The van der Waals surface area contributed by atoms with Gasteiger partial charge < -0.3 is 14.5 Å². The van der Waals surface area contributed by atoms with Crippen LogP contribution in [0.15, 0.2) is 48.9 Å². The van der Waals surface area contributed by atoms with Crippen LogP contribution in [0.4, 0.5) is 0 Å². The molecule has 0 aliphatic heterocycles. The van der Waals surface area contributed by atoms with Gasteiger partial charge in [0, 0.05) is 31.2 Å². The van der Waals surface area contributed by atoms with E-state index in [9.17, 15) is 4.79 Å². The fourth-order valence-corrected chi connectivity index (χ4v) is 3.14. The van der Waals surface area contributed by atoms with Gasteiger partial charge in [0.1, 0.15) is 17.8 Å². The zero-order valence-corrected chi connectivity index (χ0v) is 15.1. The molecule has 0 spiro atoms. The lowest BCUT2D eigenvalue weighted by molar-refractivity contribution is 0.0949. The molecule has 4 aromatic rings. The molecule has 0 radical (unpaired) electrons. The molecule has 8 nitrogen and oxygen atoms in total. The number of fused-ring (bicyclic) bond motifs is 1. The summed E-state index contributed by atoms with van der Waals surface area (Å²) >= 11 is 0. The third-order valence-electron chi connectivity index (χ3n) is 4.56. The molecule has 0 bridgehead atoms. The van der Waals surface area contributed by atoms with Crippen LogP contribution in [-0.2, 0) is 19.5 Å². The summed E-state index contributed by atoms with van der Waals surface area (Å²) in [4.78, 5) is 12.3. The van der Waals surface area contributed by atoms with Crippen LogP contribution in [0.3, 0.4) is 0 Å². The Morgan fingerprint density at radius 3 is 3.00 bits per heavy atom. The molecule has 0 aliphatic rings. The first-order valence-corrected chi connectivity index (χ1v) is 8.97. The summed E-state index contributed by atoms with van der Waals surface area (Å²) in [7, 11) is 0. The fourth-order valence-electron chi connectivity index (χ4n) is 3.14. The maximum atomic E-state index is 12.3. The van der Waals surface area contributed by atoms with Crippen molar-refractivity contribution in [2.45, 2.75) is 26.4 Å². The molecule has 3 aromatic heterocycles. The van der Waals surface area contributed by atoms with Crippen molar-refractivity contribution >= 4 is 16.8 Å². The standard InChI is InChI=1S/C19H21N7O/c1-2-25-13-21-24-18(25)7-9-20-19(27)16-11-15(22-23-16)12-26-10-8-14-5-3-4-6-17(14)26/h3-6,8,10-11,13H,2,7,9,12H2,1H3,(H,20,27)(H,22,23). The average molecular weight is 363 g/mol. The Balaban J connectivity index is 1.36. The van der Waals surface area contributed by atoms with Gasteiger partial charge in [-0.05, 0) is 30.5 Å². The largest absolute Gasteiger partial charge is 0.350 e. The zero-order valence-electron chi connectivity index (χ0n) is 15.1. The lowest BCUT2D eigenvalue weighted by Crippen LogP contribution is -2.26. The number of hydrogen-bond acceptors (Lipinski definition) is 4. The van der Waals surface area contributed by atoms with Crippen LogP contribution >= 0.6 is 0 Å². The first-order valence-electron chi connectivity index (χ1n) is 8.97. The summed E-state index contributed by atoms with van der Waals surface area (Å²) in [6.07, 6.45) is 4.36. The van der Waals surface area contributed by atoms with Crippen LogP contribution in [0.25, 0.3) is 10.9 Å². The molecule has 4 rings (SSSR count). The van der Waals surface area contributed by atoms with Crippen LogP contribution < -0.4 is 5.32 Å². The first-order chi connectivity index (χ1) is 13.2. The number of aromatic amines is 1. The molecule has 8 heteroatoms. The lowest BCUT2D eigenvalue weighted by Gasteiger charge is -2.04. The summed E-state index contributed by atoms with van der Waals surface area (Å²) in [5.41, 5.74) is 2.42. The number of rotatable bonds is 7. The van der Waals surface area contributed by atoms with Gasteiger partial charge in [0.25, 0.3) is 5.91 Å². The van der Waals surface area contributed by atoms with E-state index in [0.29, 0.717) is 25.2 Å². The minimum atomic E-state index is -0.197. The van der Waals surface area contributed by atoms with Gasteiger partial charge >= 0.3 is 0 Å². The minimum Gasteiger partial charge on any atom is -0.350 e. The highest BCUT2D eigenvalue weighted by molar-refractivity contribution is 5.92. The van der Waals surface area contributed by atoms with Crippen LogP contribution in [0.1, 0.15) is 28.9 Å². The molecular formula is C19H21N7O. The summed E-state index contributed by atoms with van der Waals surface area (Å²) in [6, 6.07) is 12.1.